The van der Waals surface area contributed by atoms with E-state index in [1.807, 2.05) is 31.2 Å². The molecule has 1 amide bonds. The van der Waals surface area contributed by atoms with Crippen LogP contribution >= 0.6 is 0 Å². The fourth-order valence-corrected chi connectivity index (χ4v) is 2.64. The second-order valence-electron chi connectivity index (χ2n) is 5.82. The van der Waals surface area contributed by atoms with Gasteiger partial charge in [0.25, 0.3) is 5.91 Å². The second-order valence-corrected chi connectivity index (χ2v) is 5.82. The Morgan fingerprint density at radius 1 is 1.24 bits per heavy atom. The summed E-state index contributed by atoms with van der Waals surface area (Å²) in [7, 11) is 1.64. The average Bonchev–Trinajstić information content (AvgIpc) is 2.60. The molecule has 2 N–H and O–H groups in total. The maximum Gasteiger partial charge on any atom is 0.257 e. The van der Waals surface area contributed by atoms with Gasteiger partial charge in [0.2, 0.25) is 5.43 Å². The van der Waals surface area contributed by atoms with Crippen LogP contribution in [0.5, 0.6) is 0 Å². The Kier molecular flexibility index (Phi) is 4.90. The van der Waals surface area contributed by atoms with Crippen molar-refractivity contribution in [2.45, 2.75) is 20.1 Å². The third-order valence-electron chi connectivity index (χ3n) is 3.88. The maximum absolute atomic E-state index is 12.5. The van der Waals surface area contributed by atoms with Crippen LogP contribution in [0.3, 0.4) is 0 Å². The lowest BCUT2D eigenvalue weighted by Gasteiger charge is -2.08. The molecule has 0 spiro atoms. The molecule has 6 heteroatoms. The highest BCUT2D eigenvalue weighted by molar-refractivity contribution is 5.96. The lowest BCUT2D eigenvalue weighted by atomic mass is 10.1. The molecule has 2 aromatic heterocycles. The molecule has 0 aliphatic carbocycles. The van der Waals surface area contributed by atoms with Gasteiger partial charge in [-0.05, 0) is 30.2 Å². The molecule has 0 radical (unpaired) electrons. The van der Waals surface area contributed by atoms with Crippen molar-refractivity contribution >= 4 is 16.9 Å². The van der Waals surface area contributed by atoms with Crippen LogP contribution < -0.4 is 10.7 Å². The van der Waals surface area contributed by atoms with Gasteiger partial charge in [0.1, 0.15) is 11.2 Å². The zero-order chi connectivity index (χ0) is 17.8. The minimum absolute atomic E-state index is 0.0752. The third-order valence-corrected chi connectivity index (χ3v) is 3.88. The highest BCUT2D eigenvalue weighted by atomic mass is 16.5. The summed E-state index contributed by atoms with van der Waals surface area (Å²) in [5, 5.41) is 3.18. The smallest absolute Gasteiger partial charge is 0.257 e. The topological polar surface area (TPSA) is 84.1 Å². The molecule has 0 saturated heterocycles. The highest BCUT2D eigenvalue weighted by Crippen LogP contribution is 2.08. The fourth-order valence-electron chi connectivity index (χ4n) is 2.64. The minimum atomic E-state index is -0.416. The first kappa shape index (κ1) is 16.9. The lowest BCUT2D eigenvalue weighted by Crippen LogP contribution is -2.28. The molecule has 2 heterocycles. The summed E-state index contributed by atoms with van der Waals surface area (Å²) in [5.74, 6) is -0.416. The number of benzene rings is 1. The summed E-state index contributed by atoms with van der Waals surface area (Å²) < 4.78 is 5.10. The molecule has 0 aliphatic heterocycles. The van der Waals surface area contributed by atoms with Gasteiger partial charge in [0, 0.05) is 25.5 Å². The van der Waals surface area contributed by atoms with E-state index in [2.05, 4.69) is 15.3 Å². The number of ether oxygens (including phenoxy) is 1. The molecule has 1 aromatic carbocycles. The van der Waals surface area contributed by atoms with Crippen LogP contribution in [0.1, 0.15) is 27.2 Å². The SMILES string of the molecule is COCc1cccc(CNC(=O)c2c[nH]c3nc(C)ccc3c2=O)c1. The van der Waals surface area contributed by atoms with Crippen LogP contribution in [0.25, 0.3) is 11.0 Å². The number of methoxy groups -OCH3 is 1. The van der Waals surface area contributed by atoms with Crippen molar-refractivity contribution in [1.82, 2.24) is 15.3 Å². The first-order valence-corrected chi connectivity index (χ1v) is 7.92. The molecule has 6 nitrogen and oxygen atoms in total. The van der Waals surface area contributed by atoms with E-state index in [0.29, 0.717) is 24.2 Å². The van der Waals surface area contributed by atoms with Crippen molar-refractivity contribution in [3.05, 3.63) is 75.2 Å². The van der Waals surface area contributed by atoms with Gasteiger partial charge >= 0.3 is 0 Å². The Morgan fingerprint density at radius 3 is 2.84 bits per heavy atom. The number of aromatic nitrogens is 2. The normalized spacial score (nSPS) is 10.8. The van der Waals surface area contributed by atoms with Crippen LogP contribution in [0.4, 0.5) is 0 Å². The number of pyridine rings is 2. The lowest BCUT2D eigenvalue weighted by molar-refractivity contribution is 0.0949. The first-order chi connectivity index (χ1) is 12.1. The zero-order valence-electron chi connectivity index (χ0n) is 14.1. The molecular weight excluding hydrogens is 318 g/mol. The first-order valence-electron chi connectivity index (χ1n) is 7.92. The van der Waals surface area contributed by atoms with E-state index in [1.54, 1.807) is 19.2 Å². The summed E-state index contributed by atoms with van der Waals surface area (Å²) in [6.45, 7) is 2.69. The van der Waals surface area contributed by atoms with Crippen LogP contribution in [0.15, 0.2) is 47.4 Å². The summed E-state index contributed by atoms with van der Waals surface area (Å²) in [5.41, 5.74) is 3.00. The minimum Gasteiger partial charge on any atom is -0.380 e. The van der Waals surface area contributed by atoms with Gasteiger partial charge in [0.05, 0.1) is 12.0 Å². The van der Waals surface area contributed by atoms with Gasteiger partial charge in [-0.2, -0.15) is 0 Å². The van der Waals surface area contributed by atoms with E-state index in [0.717, 1.165) is 16.8 Å². The number of fused-ring (bicyclic) bond motifs is 1. The standard InChI is InChI=1S/C19H19N3O3/c1-12-6-7-15-17(23)16(10-20-18(15)22-12)19(24)21-9-13-4-3-5-14(8-13)11-25-2/h3-8,10H,9,11H2,1-2H3,(H,21,24)(H,20,22,23). The quantitative estimate of drug-likeness (QED) is 0.748. The van der Waals surface area contributed by atoms with Crippen LogP contribution in [0, 0.1) is 6.92 Å². The Morgan fingerprint density at radius 2 is 2.04 bits per heavy atom. The van der Waals surface area contributed by atoms with Crippen LogP contribution in [-0.4, -0.2) is 23.0 Å². The third kappa shape index (κ3) is 3.75. The van der Waals surface area contributed by atoms with Gasteiger partial charge in [0.15, 0.2) is 0 Å². The Hall–Kier alpha value is -2.99. The molecule has 0 saturated carbocycles. The van der Waals surface area contributed by atoms with E-state index < -0.39 is 5.91 Å². The van der Waals surface area contributed by atoms with Crippen LogP contribution in [-0.2, 0) is 17.9 Å². The summed E-state index contributed by atoms with van der Waals surface area (Å²) in [6, 6.07) is 11.2. The highest BCUT2D eigenvalue weighted by Gasteiger charge is 2.13. The number of hydrogen-bond acceptors (Lipinski definition) is 4. The number of carbonyl (C=O) groups excluding carboxylic acids is 1. The second kappa shape index (κ2) is 7.27. The fraction of sp³-hybridized carbons (Fsp3) is 0.211. The Labute approximate surface area is 144 Å². The van der Waals surface area contributed by atoms with Crippen molar-refractivity contribution in [3.63, 3.8) is 0 Å². The molecule has 0 aliphatic rings. The van der Waals surface area contributed by atoms with E-state index in [1.165, 1.54) is 6.20 Å². The van der Waals surface area contributed by atoms with Gasteiger partial charge in [-0.15, -0.1) is 0 Å². The number of rotatable bonds is 5. The maximum atomic E-state index is 12.5. The van der Waals surface area contributed by atoms with Crippen molar-refractivity contribution in [3.8, 4) is 0 Å². The van der Waals surface area contributed by atoms with Gasteiger partial charge < -0.3 is 15.0 Å². The number of H-pyrrole nitrogens is 1. The van der Waals surface area contributed by atoms with Crippen molar-refractivity contribution in [1.29, 1.82) is 0 Å². The summed E-state index contributed by atoms with van der Waals surface area (Å²) in [4.78, 5) is 32.1. The largest absolute Gasteiger partial charge is 0.380 e. The molecule has 0 fully saturated rings. The monoisotopic (exact) mass is 337 g/mol. The molecule has 0 atom stereocenters. The molecule has 3 rings (SSSR count). The molecular formula is C19H19N3O3. The van der Waals surface area contributed by atoms with Gasteiger partial charge in [-0.25, -0.2) is 4.98 Å². The van der Waals surface area contributed by atoms with Gasteiger partial charge in [-0.1, -0.05) is 24.3 Å². The van der Waals surface area contributed by atoms with Gasteiger partial charge in [-0.3, -0.25) is 9.59 Å². The average molecular weight is 337 g/mol. The molecule has 3 aromatic rings. The number of amides is 1. The molecule has 25 heavy (non-hydrogen) atoms. The number of aryl methyl sites for hydroxylation is 1. The van der Waals surface area contributed by atoms with Crippen molar-refractivity contribution in [2.24, 2.45) is 0 Å². The number of hydrogen-bond donors (Lipinski definition) is 2. The van der Waals surface area contributed by atoms with Crippen molar-refractivity contribution in [2.75, 3.05) is 7.11 Å². The van der Waals surface area contributed by atoms with Crippen LogP contribution in [0.2, 0.25) is 0 Å². The zero-order valence-corrected chi connectivity index (χ0v) is 14.1. The van der Waals surface area contributed by atoms with Crippen molar-refractivity contribution < 1.29 is 9.53 Å². The number of nitrogens with zero attached hydrogens (tertiary/aromatic N) is 1. The number of aromatic amines is 1. The molecule has 0 bridgehead atoms. The summed E-state index contributed by atoms with van der Waals surface area (Å²) in [6.07, 6.45) is 1.41. The van der Waals surface area contributed by atoms with E-state index in [4.69, 9.17) is 4.74 Å². The summed E-state index contributed by atoms with van der Waals surface area (Å²) >= 11 is 0. The number of carbonyl (C=O) groups is 1. The predicted octanol–water partition coefficient (Wildman–Crippen LogP) is 2.31. The Balaban J connectivity index is 1.78. The van der Waals surface area contributed by atoms with E-state index >= 15 is 0 Å². The number of nitrogens with one attached hydrogen (secondary N) is 2. The molecule has 0 unspecified atom stereocenters. The van der Waals surface area contributed by atoms with E-state index in [9.17, 15) is 9.59 Å². The molecule has 128 valence electrons. The predicted molar refractivity (Wildman–Crippen MR) is 95.4 cm³/mol. The van der Waals surface area contributed by atoms with E-state index in [-0.39, 0.29) is 11.0 Å². The Bertz CT molecular complexity index is 979.